The van der Waals surface area contributed by atoms with Gasteiger partial charge < -0.3 is 5.32 Å². The van der Waals surface area contributed by atoms with Crippen LogP contribution < -0.4 is 5.32 Å². The minimum Gasteiger partial charge on any atom is -0.375 e. The molecule has 1 saturated carbocycles. The average molecular weight is 411 g/mol. The highest BCUT2D eigenvalue weighted by Gasteiger charge is 2.31. The van der Waals surface area contributed by atoms with Crippen LogP contribution in [0, 0.1) is 27.4 Å². The molecule has 29 heavy (non-hydrogen) atoms. The summed E-state index contributed by atoms with van der Waals surface area (Å²) < 4.78 is 27.0. The zero-order valence-electron chi connectivity index (χ0n) is 15.2. The highest BCUT2D eigenvalue weighted by atomic mass is 32.2. The van der Waals surface area contributed by atoms with Gasteiger partial charge in [-0.05, 0) is 37.5 Å². The molecule has 1 aliphatic carbocycles. The van der Waals surface area contributed by atoms with Crippen molar-refractivity contribution in [1.82, 2.24) is 8.96 Å². The number of anilines is 1. The SMILES string of the molecule is N#C[C@@H]1CCC[C@@H]1Nc1c([N+](=O)[O-])cnc2c1ccn2S(=O)(=O)c1ccccc1. The van der Waals surface area contributed by atoms with Crippen LogP contribution in [0.1, 0.15) is 19.3 Å². The van der Waals surface area contributed by atoms with Gasteiger partial charge in [0.25, 0.3) is 10.0 Å². The number of aromatic nitrogens is 2. The highest BCUT2D eigenvalue weighted by molar-refractivity contribution is 7.90. The van der Waals surface area contributed by atoms with Crippen molar-refractivity contribution < 1.29 is 13.3 Å². The molecule has 0 amide bonds. The first-order valence-corrected chi connectivity index (χ1v) is 10.5. The van der Waals surface area contributed by atoms with Gasteiger partial charge in [0.2, 0.25) is 0 Å². The molecule has 0 radical (unpaired) electrons. The molecule has 1 aliphatic rings. The fraction of sp³-hybridized carbons (Fsp3) is 0.263. The lowest BCUT2D eigenvalue weighted by Crippen LogP contribution is -2.23. The Hall–Kier alpha value is -3.45. The van der Waals surface area contributed by atoms with Crippen molar-refractivity contribution in [1.29, 1.82) is 5.26 Å². The number of rotatable bonds is 5. The molecule has 0 bridgehead atoms. The standard InChI is InChI=1S/C19H17N5O4S/c20-11-13-5-4-8-16(13)22-18-15-9-10-23(19(15)21-12-17(18)24(25)26)29(27,28)14-6-2-1-3-7-14/h1-3,6-7,9-10,12-13,16H,4-5,8H2,(H,21,22)/t13-,16-/m0/s1. The third kappa shape index (κ3) is 3.19. The first-order valence-electron chi connectivity index (χ1n) is 9.04. The number of fused-ring (bicyclic) bond motifs is 1. The van der Waals surface area contributed by atoms with E-state index in [0.29, 0.717) is 11.8 Å². The molecule has 2 aromatic heterocycles. The van der Waals surface area contributed by atoms with Gasteiger partial charge in [0.1, 0.15) is 11.9 Å². The number of nitrogens with zero attached hydrogens (tertiary/aromatic N) is 4. The second kappa shape index (κ2) is 7.18. The molecule has 1 N–H and O–H groups in total. The number of hydrogen-bond acceptors (Lipinski definition) is 7. The normalized spacial score (nSPS) is 19.1. The van der Waals surface area contributed by atoms with Gasteiger partial charge in [-0.1, -0.05) is 18.2 Å². The van der Waals surface area contributed by atoms with Crippen molar-refractivity contribution in [3.63, 3.8) is 0 Å². The molecule has 2 atom stereocenters. The summed E-state index contributed by atoms with van der Waals surface area (Å²) in [6.07, 6.45) is 4.67. The quantitative estimate of drug-likeness (QED) is 0.503. The Morgan fingerprint density at radius 1 is 1.24 bits per heavy atom. The number of nitriles is 1. The highest BCUT2D eigenvalue weighted by Crippen LogP contribution is 2.37. The van der Waals surface area contributed by atoms with Crippen LogP contribution in [0.25, 0.3) is 11.0 Å². The first kappa shape index (κ1) is 18.9. The summed E-state index contributed by atoms with van der Waals surface area (Å²) in [4.78, 5) is 15.1. The van der Waals surface area contributed by atoms with E-state index in [0.717, 1.165) is 23.0 Å². The second-order valence-electron chi connectivity index (χ2n) is 6.86. The van der Waals surface area contributed by atoms with E-state index < -0.39 is 14.9 Å². The maximum absolute atomic E-state index is 13.0. The maximum atomic E-state index is 13.0. The molecule has 4 rings (SSSR count). The summed E-state index contributed by atoms with van der Waals surface area (Å²) in [5, 5.41) is 24.3. The number of pyridine rings is 1. The Labute approximate surface area is 166 Å². The summed E-state index contributed by atoms with van der Waals surface area (Å²) in [5.41, 5.74) is 0.0265. The molecule has 0 unspecified atom stereocenters. The van der Waals surface area contributed by atoms with Crippen LogP contribution in [0.2, 0.25) is 0 Å². The fourth-order valence-corrected chi connectivity index (χ4v) is 5.04. The predicted octanol–water partition coefficient (Wildman–Crippen LogP) is 3.29. The number of hydrogen-bond donors (Lipinski definition) is 1. The first-order chi connectivity index (χ1) is 13.9. The van der Waals surface area contributed by atoms with Gasteiger partial charge in [-0.3, -0.25) is 10.1 Å². The van der Waals surface area contributed by atoms with Crippen molar-refractivity contribution >= 4 is 32.4 Å². The van der Waals surface area contributed by atoms with E-state index >= 15 is 0 Å². The van der Waals surface area contributed by atoms with Gasteiger partial charge in [-0.25, -0.2) is 17.4 Å². The van der Waals surface area contributed by atoms with Gasteiger partial charge in [0.15, 0.2) is 5.65 Å². The molecule has 0 aliphatic heterocycles. The average Bonchev–Trinajstić information content (AvgIpc) is 3.35. The van der Waals surface area contributed by atoms with Gasteiger partial charge in [-0.2, -0.15) is 5.26 Å². The number of nitrogens with one attached hydrogen (secondary N) is 1. The Bertz CT molecular complexity index is 1230. The van der Waals surface area contributed by atoms with E-state index in [1.807, 2.05) is 0 Å². The molecule has 0 spiro atoms. The summed E-state index contributed by atoms with van der Waals surface area (Å²) in [6, 6.07) is 11.4. The molecule has 3 aromatic rings. The summed E-state index contributed by atoms with van der Waals surface area (Å²) in [5.74, 6) is -0.257. The molecule has 148 valence electrons. The maximum Gasteiger partial charge on any atom is 0.311 e. The zero-order valence-corrected chi connectivity index (χ0v) is 16.0. The van der Waals surface area contributed by atoms with Crippen molar-refractivity contribution in [2.75, 3.05) is 5.32 Å². The van der Waals surface area contributed by atoms with Crippen LogP contribution in [0.3, 0.4) is 0 Å². The predicted molar refractivity (Wildman–Crippen MR) is 106 cm³/mol. The Morgan fingerprint density at radius 3 is 2.69 bits per heavy atom. The van der Waals surface area contributed by atoms with E-state index in [-0.39, 0.29) is 33.9 Å². The lowest BCUT2D eigenvalue weighted by molar-refractivity contribution is -0.384. The van der Waals surface area contributed by atoms with E-state index in [4.69, 9.17) is 0 Å². The van der Waals surface area contributed by atoms with Crippen molar-refractivity contribution in [3.8, 4) is 6.07 Å². The van der Waals surface area contributed by atoms with Crippen LogP contribution >= 0.6 is 0 Å². The van der Waals surface area contributed by atoms with Crippen molar-refractivity contribution in [3.05, 3.63) is 58.9 Å². The third-order valence-electron chi connectivity index (χ3n) is 5.17. The van der Waals surface area contributed by atoms with Crippen molar-refractivity contribution in [2.45, 2.75) is 30.2 Å². The van der Waals surface area contributed by atoms with Gasteiger partial charge in [0.05, 0.1) is 27.2 Å². The van der Waals surface area contributed by atoms with E-state index in [1.165, 1.54) is 24.4 Å². The van der Waals surface area contributed by atoms with Crippen LogP contribution in [-0.2, 0) is 10.0 Å². The Balaban J connectivity index is 1.86. The van der Waals surface area contributed by atoms with Crippen LogP contribution in [0.5, 0.6) is 0 Å². The molecule has 1 fully saturated rings. The largest absolute Gasteiger partial charge is 0.375 e. The van der Waals surface area contributed by atoms with Crippen LogP contribution in [0.15, 0.2) is 53.7 Å². The lowest BCUT2D eigenvalue weighted by atomic mass is 10.1. The molecule has 10 heteroatoms. The smallest absolute Gasteiger partial charge is 0.311 e. The summed E-state index contributed by atoms with van der Waals surface area (Å²) >= 11 is 0. The van der Waals surface area contributed by atoms with E-state index in [1.54, 1.807) is 18.2 Å². The third-order valence-corrected chi connectivity index (χ3v) is 6.85. The van der Waals surface area contributed by atoms with Gasteiger partial charge in [-0.15, -0.1) is 0 Å². The molecule has 0 saturated heterocycles. The molecule has 9 nitrogen and oxygen atoms in total. The number of nitro groups is 1. The topological polar surface area (TPSA) is 131 Å². The Kier molecular flexibility index (Phi) is 4.68. The lowest BCUT2D eigenvalue weighted by Gasteiger charge is -2.17. The van der Waals surface area contributed by atoms with Crippen LogP contribution in [0.4, 0.5) is 11.4 Å². The summed E-state index contributed by atoms with van der Waals surface area (Å²) in [6.45, 7) is 0. The molecule has 1 aromatic carbocycles. The van der Waals surface area contributed by atoms with Gasteiger partial charge >= 0.3 is 5.69 Å². The summed E-state index contributed by atoms with van der Waals surface area (Å²) in [7, 11) is -3.91. The Morgan fingerprint density at radius 2 is 2.00 bits per heavy atom. The van der Waals surface area contributed by atoms with E-state index in [9.17, 15) is 23.8 Å². The number of benzene rings is 1. The molecular weight excluding hydrogens is 394 g/mol. The molecule has 2 heterocycles. The monoisotopic (exact) mass is 411 g/mol. The van der Waals surface area contributed by atoms with Crippen molar-refractivity contribution in [2.24, 2.45) is 5.92 Å². The zero-order chi connectivity index (χ0) is 20.6. The van der Waals surface area contributed by atoms with E-state index in [2.05, 4.69) is 16.4 Å². The van der Waals surface area contributed by atoms with Gasteiger partial charge in [0, 0.05) is 12.2 Å². The minimum atomic E-state index is -3.91. The van der Waals surface area contributed by atoms with Crippen LogP contribution in [-0.4, -0.2) is 28.3 Å². The second-order valence-corrected chi connectivity index (χ2v) is 8.67. The molecular formula is C19H17N5O4S. The minimum absolute atomic E-state index is 0.0903. The fourth-order valence-electron chi connectivity index (χ4n) is 3.72.